The SMILES string of the molecule is O=C(c1ccccc1)[C@H]1[C@H](C(=O)c2ccccc2)[C@@H](c2ccccc2)[C@@H]1c1ccccc1. The molecule has 5 rings (SSSR count). The Bertz CT molecular complexity index is 1100. The topological polar surface area (TPSA) is 34.1 Å². The van der Waals surface area contributed by atoms with Crippen LogP contribution in [0, 0.1) is 11.8 Å². The first-order chi connectivity index (χ1) is 15.8. The molecule has 0 aromatic heterocycles. The molecule has 0 heterocycles. The van der Waals surface area contributed by atoms with Crippen molar-refractivity contribution >= 4 is 11.6 Å². The Hall–Kier alpha value is -3.78. The molecule has 0 radical (unpaired) electrons. The number of Topliss-reactive ketones (excluding diaryl/α,β-unsaturated/α-hetero) is 2. The third kappa shape index (κ3) is 3.58. The summed E-state index contributed by atoms with van der Waals surface area (Å²) < 4.78 is 0. The molecule has 0 saturated heterocycles. The molecular formula is C30H24O2. The van der Waals surface area contributed by atoms with E-state index in [2.05, 4.69) is 24.3 Å². The van der Waals surface area contributed by atoms with Gasteiger partial charge in [-0.2, -0.15) is 0 Å². The molecule has 0 aliphatic heterocycles. The smallest absolute Gasteiger partial charge is 0.167 e. The van der Waals surface area contributed by atoms with Crippen LogP contribution >= 0.6 is 0 Å². The van der Waals surface area contributed by atoms with Crippen molar-refractivity contribution in [2.24, 2.45) is 11.8 Å². The Morgan fingerprint density at radius 3 is 1.00 bits per heavy atom. The number of carbonyl (C=O) groups excluding carboxylic acids is 2. The lowest BCUT2D eigenvalue weighted by Gasteiger charge is -2.51. The van der Waals surface area contributed by atoms with E-state index in [1.54, 1.807) is 0 Å². The fraction of sp³-hybridized carbons (Fsp3) is 0.133. The summed E-state index contributed by atoms with van der Waals surface area (Å²) in [5.74, 6) is -0.829. The van der Waals surface area contributed by atoms with Gasteiger partial charge in [0, 0.05) is 34.8 Å². The zero-order valence-electron chi connectivity index (χ0n) is 17.7. The summed E-state index contributed by atoms with van der Waals surface area (Å²) in [5.41, 5.74) is 3.53. The third-order valence-corrected chi connectivity index (χ3v) is 6.64. The van der Waals surface area contributed by atoms with E-state index in [0.717, 1.165) is 11.1 Å². The Kier molecular flexibility index (Phi) is 5.51. The van der Waals surface area contributed by atoms with Gasteiger partial charge in [0.15, 0.2) is 11.6 Å². The van der Waals surface area contributed by atoms with Crippen LogP contribution in [-0.2, 0) is 0 Å². The zero-order valence-corrected chi connectivity index (χ0v) is 17.7. The van der Waals surface area contributed by atoms with Crippen LogP contribution in [0.3, 0.4) is 0 Å². The van der Waals surface area contributed by atoms with Gasteiger partial charge in [-0.25, -0.2) is 0 Å². The summed E-state index contributed by atoms with van der Waals surface area (Å²) in [6.45, 7) is 0. The predicted octanol–water partition coefficient (Wildman–Crippen LogP) is 6.57. The molecule has 0 N–H and O–H groups in total. The predicted molar refractivity (Wildman–Crippen MR) is 127 cm³/mol. The van der Waals surface area contributed by atoms with Crippen LogP contribution < -0.4 is 0 Å². The van der Waals surface area contributed by atoms with Gasteiger partial charge in [0.2, 0.25) is 0 Å². The van der Waals surface area contributed by atoms with Gasteiger partial charge in [0.1, 0.15) is 0 Å². The van der Waals surface area contributed by atoms with Gasteiger partial charge in [-0.05, 0) is 11.1 Å². The zero-order chi connectivity index (χ0) is 21.9. The van der Waals surface area contributed by atoms with Crippen molar-refractivity contribution in [2.45, 2.75) is 11.8 Å². The lowest BCUT2D eigenvalue weighted by Crippen LogP contribution is -2.51. The number of ketones is 2. The fourth-order valence-corrected chi connectivity index (χ4v) is 5.17. The van der Waals surface area contributed by atoms with Crippen LogP contribution in [0.5, 0.6) is 0 Å². The summed E-state index contributed by atoms with van der Waals surface area (Å²) in [7, 11) is 0. The minimum absolute atomic E-state index is 0.0425. The minimum Gasteiger partial charge on any atom is -0.294 e. The number of carbonyl (C=O) groups is 2. The van der Waals surface area contributed by atoms with Gasteiger partial charge in [0.25, 0.3) is 0 Å². The van der Waals surface area contributed by atoms with Crippen molar-refractivity contribution in [1.29, 1.82) is 0 Å². The van der Waals surface area contributed by atoms with Crippen LogP contribution in [0.4, 0.5) is 0 Å². The summed E-state index contributed by atoms with van der Waals surface area (Å²) in [4.78, 5) is 27.6. The summed E-state index contributed by atoms with van der Waals surface area (Å²) >= 11 is 0. The number of rotatable bonds is 6. The number of hydrogen-bond acceptors (Lipinski definition) is 2. The highest BCUT2D eigenvalue weighted by atomic mass is 16.1. The number of benzene rings is 4. The van der Waals surface area contributed by atoms with E-state index in [1.807, 2.05) is 97.1 Å². The molecule has 0 bridgehead atoms. The maximum atomic E-state index is 13.8. The van der Waals surface area contributed by atoms with Crippen LogP contribution in [-0.4, -0.2) is 11.6 Å². The molecule has 2 heteroatoms. The molecular weight excluding hydrogens is 392 g/mol. The molecule has 4 aromatic carbocycles. The molecule has 32 heavy (non-hydrogen) atoms. The second-order valence-electron chi connectivity index (χ2n) is 8.39. The molecule has 1 saturated carbocycles. The van der Waals surface area contributed by atoms with E-state index < -0.39 is 11.8 Å². The average Bonchev–Trinajstić information content (AvgIpc) is 2.86. The third-order valence-electron chi connectivity index (χ3n) is 6.64. The monoisotopic (exact) mass is 416 g/mol. The Labute approximate surface area is 188 Å². The second kappa shape index (κ2) is 8.76. The molecule has 1 aliphatic rings. The van der Waals surface area contributed by atoms with E-state index in [0.29, 0.717) is 11.1 Å². The van der Waals surface area contributed by atoms with Crippen molar-refractivity contribution in [3.05, 3.63) is 144 Å². The molecule has 4 aromatic rings. The standard InChI is InChI=1S/C30H24O2/c31-29(23-17-9-3-10-18-23)27-25(21-13-5-1-6-14-21)26(22-15-7-2-8-16-22)28(27)30(32)24-19-11-4-12-20-24/h1-20,25-28H/t25-,26-,27+,28+/m0/s1. The quantitative estimate of drug-likeness (QED) is 0.333. The van der Waals surface area contributed by atoms with Crippen molar-refractivity contribution in [2.75, 3.05) is 0 Å². The van der Waals surface area contributed by atoms with Gasteiger partial charge >= 0.3 is 0 Å². The molecule has 2 nitrogen and oxygen atoms in total. The van der Waals surface area contributed by atoms with Crippen molar-refractivity contribution in [1.82, 2.24) is 0 Å². The van der Waals surface area contributed by atoms with E-state index in [4.69, 9.17) is 0 Å². The minimum atomic E-state index is -0.405. The molecule has 4 atom stereocenters. The Balaban J connectivity index is 1.64. The Morgan fingerprint density at radius 1 is 0.406 bits per heavy atom. The average molecular weight is 417 g/mol. The first-order valence-electron chi connectivity index (χ1n) is 11.0. The lowest BCUT2D eigenvalue weighted by atomic mass is 9.49. The normalized spacial score (nSPS) is 22.0. The molecule has 1 fully saturated rings. The molecule has 0 spiro atoms. The van der Waals surface area contributed by atoms with Gasteiger partial charge in [0.05, 0.1) is 0 Å². The highest BCUT2D eigenvalue weighted by Gasteiger charge is 2.57. The highest BCUT2D eigenvalue weighted by molar-refractivity contribution is 6.07. The first-order valence-corrected chi connectivity index (χ1v) is 11.0. The Morgan fingerprint density at radius 2 is 0.688 bits per heavy atom. The summed E-state index contributed by atoms with van der Waals surface area (Å²) in [6, 6.07) is 39.1. The molecule has 0 unspecified atom stereocenters. The van der Waals surface area contributed by atoms with Gasteiger partial charge < -0.3 is 0 Å². The largest absolute Gasteiger partial charge is 0.294 e. The second-order valence-corrected chi connectivity index (χ2v) is 8.39. The van der Waals surface area contributed by atoms with Crippen molar-refractivity contribution in [3.8, 4) is 0 Å². The van der Waals surface area contributed by atoms with Gasteiger partial charge in [-0.1, -0.05) is 121 Å². The van der Waals surface area contributed by atoms with Crippen LogP contribution in [0.1, 0.15) is 43.7 Å². The van der Waals surface area contributed by atoms with E-state index >= 15 is 0 Å². The van der Waals surface area contributed by atoms with E-state index in [1.165, 1.54) is 0 Å². The van der Waals surface area contributed by atoms with E-state index in [-0.39, 0.29) is 23.4 Å². The maximum Gasteiger partial charge on any atom is 0.167 e. The number of hydrogen-bond donors (Lipinski definition) is 0. The van der Waals surface area contributed by atoms with Crippen LogP contribution in [0.2, 0.25) is 0 Å². The van der Waals surface area contributed by atoms with Gasteiger partial charge in [-0.15, -0.1) is 0 Å². The first kappa shape index (κ1) is 20.1. The fourth-order valence-electron chi connectivity index (χ4n) is 5.17. The lowest BCUT2D eigenvalue weighted by molar-refractivity contribution is 0.0456. The molecule has 156 valence electrons. The van der Waals surface area contributed by atoms with Crippen molar-refractivity contribution < 1.29 is 9.59 Å². The van der Waals surface area contributed by atoms with Crippen LogP contribution in [0.15, 0.2) is 121 Å². The summed E-state index contributed by atoms with van der Waals surface area (Å²) in [6.07, 6.45) is 0. The highest BCUT2D eigenvalue weighted by Crippen LogP contribution is 2.59. The molecule has 1 aliphatic carbocycles. The van der Waals surface area contributed by atoms with E-state index in [9.17, 15) is 9.59 Å². The molecule has 0 amide bonds. The van der Waals surface area contributed by atoms with Crippen molar-refractivity contribution in [3.63, 3.8) is 0 Å². The van der Waals surface area contributed by atoms with Crippen LogP contribution in [0.25, 0.3) is 0 Å². The summed E-state index contributed by atoms with van der Waals surface area (Å²) in [5, 5.41) is 0. The van der Waals surface area contributed by atoms with Gasteiger partial charge in [-0.3, -0.25) is 9.59 Å². The maximum absolute atomic E-state index is 13.8.